The van der Waals surface area contributed by atoms with E-state index in [2.05, 4.69) is 0 Å². The number of hydrogen-bond donors (Lipinski definition) is 1. The number of ether oxygens (including phenoxy) is 1. The normalized spacial score (nSPS) is 25.4. The largest absolute Gasteiger partial charge is 0.373 e. The molecule has 0 bridgehead atoms. The molecule has 7 heteroatoms. The molecule has 3 unspecified atom stereocenters. The first-order valence-electron chi connectivity index (χ1n) is 5.58. The van der Waals surface area contributed by atoms with Crippen molar-refractivity contribution in [2.75, 3.05) is 26.0 Å². The summed E-state index contributed by atoms with van der Waals surface area (Å²) in [5, 5.41) is -1.01. The van der Waals surface area contributed by atoms with Gasteiger partial charge in [-0.2, -0.15) is 0 Å². The SMILES string of the molecule is CC(N)C1CN(C(=O)C(C)S(C)(=O)=O)CCO1. The first-order chi connectivity index (χ1) is 7.73. The van der Waals surface area contributed by atoms with Gasteiger partial charge in [0.1, 0.15) is 5.25 Å². The van der Waals surface area contributed by atoms with E-state index in [0.717, 1.165) is 6.26 Å². The molecule has 1 heterocycles. The zero-order valence-corrected chi connectivity index (χ0v) is 11.2. The van der Waals surface area contributed by atoms with Crippen LogP contribution in [-0.2, 0) is 19.4 Å². The van der Waals surface area contributed by atoms with Crippen LogP contribution in [0.2, 0.25) is 0 Å². The highest BCUT2D eigenvalue weighted by atomic mass is 32.2. The number of carbonyl (C=O) groups excluding carboxylic acids is 1. The van der Waals surface area contributed by atoms with E-state index in [1.54, 1.807) is 6.92 Å². The summed E-state index contributed by atoms with van der Waals surface area (Å²) in [5.41, 5.74) is 5.71. The summed E-state index contributed by atoms with van der Waals surface area (Å²) >= 11 is 0. The average Bonchev–Trinajstić information content (AvgIpc) is 2.26. The average molecular weight is 264 g/mol. The van der Waals surface area contributed by atoms with Gasteiger partial charge in [-0.1, -0.05) is 0 Å². The van der Waals surface area contributed by atoms with Crippen molar-refractivity contribution in [1.82, 2.24) is 4.90 Å². The van der Waals surface area contributed by atoms with Crippen molar-refractivity contribution in [2.45, 2.75) is 31.2 Å². The lowest BCUT2D eigenvalue weighted by atomic mass is 10.1. The minimum absolute atomic E-state index is 0.181. The van der Waals surface area contributed by atoms with Crippen molar-refractivity contribution in [3.8, 4) is 0 Å². The number of sulfone groups is 1. The lowest BCUT2D eigenvalue weighted by molar-refractivity contribution is -0.138. The number of carbonyl (C=O) groups is 1. The Balaban J connectivity index is 2.70. The van der Waals surface area contributed by atoms with Gasteiger partial charge in [0, 0.05) is 25.4 Å². The Morgan fingerprint density at radius 3 is 2.53 bits per heavy atom. The van der Waals surface area contributed by atoms with Gasteiger partial charge in [-0.05, 0) is 13.8 Å². The van der Waals surface area contributed by atoms with Crippen molar-refractivity contribution in [3.63, 3.8) is 0 Å². The van der Waals surface area contributed by atoms with Gasteiger partial charge in [-0.15, -0.1) is 0 Å². The maximum Gasteiger partial charge on any atom is 0.240 e. The van der Waals surface area contributed by atoms with Gasteiger partial charge in [0.05, 0.1) is 12.7 Å². The Kier molecular flexibility index (Phi) is 4.51. The van der Waals surface area contributed by atoms with Crippen LogP contribution in [0.1, 0.15) is 13.8 Å². The van der Waals surface area contributed by atoms with E-state index in [4.69, 9.17) is 10.5 Å². The van der Waals surface area contributed by atoms with Gasteiger partial charge in [-0.25, -0.2) is 8.42 Å². The summed E-state index contributed by atoms with van der Waals surface area (Å²) in [7, 11) is -3.35. The Morgan fingerprint density at radius 2 is 2.06 bits per heavy atom. The van der Waals surface area contributed by atoms with Crippen LogP contribution < -0.4 is 5.73 Å². The fraction of sp³-hybridized carbons (Fsp3) is 0.900. The Hall–Kier alpha value is -0.660. The van der Waals surface area contributed by atoms with Crippen LogP contribution in [0.4, 0.5) is 0 Å². The van der Waals surface area contributed by atoms with Crippen LogP contribution >= 0.6 is 0 Å². The Morgan fingerprint density at radius 1 is 1.47 bits per heavy atom. The Labute approximate surface area is 102 Å². The molecule has 0 saturated carbocycles. The molecule has 17 heavy (non-hydrogen) atoms. The second-order valence-corrected chi connectivity index (χ2v) is 6.89. The molecule has 1 fully saturated rings. The highest BCUT2D eigenvalue weighted by Gasteiger charge is 2.32. The maximum absolute atomic E-state index is 12.0. The third kappa shape index (κ3) is 3.65. The lowest BCUT2D eigenvalue weighted by Crippen LogP contribution is -2.54. The third-order valence-corrected chi connectivity index (χ3v) is 4.47. The van der Waals surface area contributed by atoms with E-state index in [1.807, 2.05) is 0 Å². The van der Waals surface area contributed by atoms with Gasteiger partial charge in [0.25, 0.3) is 0 Å². The zero-order chi connectivity index (χ0) is 13.2. The smallest absolute Gasteiger partial charge is 0.240 e. The van der Waals surface area contributed by atoms with E-state index in [9.17, 15) is 13.2 Å². The monoisotopic (exact) mass is 264 g/mol. The molecule has 100 valence electrons. The standard InChI is InChI=1S/C10H20N2O4S/c1-7(11)9-6-12(4-5-16-9)10(13)8(2)17(3,14)15/h7-9H,4-6,11H2,1-3H3. The van der Waals surface area contributed by atoms with Gasteiger partial charge in [0.15, 0.2) is 9.84 Å². The van der Waals surface area contributed by atoms with Gasteiger partial charge < -0.3 is 15.4 Å². The lowest BCUT2D eigenvalue weighted by Gasteiger charge is -2.35. The zero-order valence-electron chi connectivity index (χ0n) is 10.4. The number of nitrogens with two attached hydrogens (primary N) is 1. The molecular formula is C10H20N2O4S. The van der Waals surface area contributed by atoms with Gasteiger partial charge in [0.2, 0.25) is 5.91 Å². The molecule has 0 radical (unpaired) electrons. The highest BCUT2D eigenvalue weighted by molar-refractivity contribution is 7.92. The minimum Gasteiger partial charge on any atom is -0.373 e. The molecule has 0 aromatic rings. The predicted octanol–water partition coefficient (Wildman–Crippen LogP) is -1.01. The molecule has 1 rings (SSSR count). The van der Waals surface area contributed by atoms with Crippen LogP contribution in [-0.4, -0.2) is 62.6 Å². The molecule has 1 aliphatic heterocycles. The fourth-order valence-electron chi connectivity index (χ4n) is 1.63. The molecule has 0 aromatic carbocycles. The molecule has 1 amide bonds. The molecule has 1 aliphatic rings. The first kappa shape index (κ1) is 14.4. The van der Waals surface area contributed by atoms with Crippen molar-refractivity contribution < 1.29 is 17.9 Å². The molecule has 3 atom stereocenters. The molecule has 2 N–H and O–H groups in total. The van der Waals surface area contributed by atoms with E-state index in [1.165, 1.54) is 11.8 Å². The molecule has 0 aromatic heterocycles. The summed E-state index contributed by atoms with van der Waals surface area (Å²) in [4.78, 5) is 13.5. The van der Waals surface area contributed by atoms with Crippen molar-refractivity contribution in [1.29, 1.82) is 0 Å². The van der Waals surface area contributed by atoms with Crippen molar-refractivity contribution >= 4 is 15.7 Å². The number of amides is 1. The first-order valence-corrected chi connectivity index (χ1v) is 7.53. The predicted molar refractivity (Wildman–Crippen MR) is 64.3 cm³/mol. The summed E-state index contributed by atoms with van der Waals surface area (Å²) < 4.78 is 28.1. The molecule has 1 saturated heterocycles. The van der Waals surface area contributed by atoms with E-state index >= 15 is 0 Å². The van der Waals surface area contributed by atoms with E-state index in [-0.39, 0.29) is 18.1 Å². The second-order valence-electron chi connectivity index (χ2n) is 4.52. The highest BCUT2D eigenvalue weighted by Crippen LogP contribution is 2.11. The van der Waals surface area contributed by atoms with Crippen LogP contribution in [0.3, 0.4) is 0 Å². The van der Waals surface area contributed by atoms with Gasteiger partial charge >= 0.3 is 0 Å². The summed E-state index contributed by atoms with van der Waals surface area (Å²) in [6.07, 6.45) is 0.846. The summed E-state index contributed by atoms with van der Waals surface area (Å²) in [6.45, 7) is 4.39. The third-order valence-electron chi connectivity index (χ3n) is 2.98. The van der Waals surface area contributed by atoms with Crippen LogP contribution in [0, 0.1) is 0 Å². The number of nitrogens with zero attached hydrogens (tertiary/aromatic N) is 1. The molecule has 0 spiro atoms. The molecule has 0 aliphatic carbocycles. The second kappa shape index (κ2) is 5.32. The summed E-state index contributed by atoms with van der Waals surface area (Å²) in [5.74, 6) is -0.374. The Bertz CT molecular complexity index is 380. The fourth-order valence-corrected chi connectivity index (χ4v) is 2.15. The van der Waals surface area contributed by atoms with E-state index in [0.29, 0.717) is 19.7 Å². The molecular weight excluding hydrogens is 244 g/mol. The van der Waals surface area contributed by atoms with Gasteiger partial charge in [-0.3, -0.25) is 4.79 Å². The van der Waals surface area contributed by atoms with Crippen molar-refractivity contribution in [2.24, 2.45) is 5.73 Å². The van der Waals surface area contributed by atoms with E-state index < -0.39 is 15.1 Å². The quantitative estimate of drug-likeness (QED) is 0.706. The topological polar surface area (TPSA) is 89.7 Å². The number of hydrogen-bond acceptors (Lipinski definition) is 5. The maximum atomic E-state index is 12.0. The summed E-state index contributed by atoms with van der Waals surface area (Å²) in [6, 6.07) is -0.181. The van der Waals surface area contributed by atoms with Crippen LogP contribution in [0.25, 0.3) is 0 Å². The number of morpholine rings is 1. The van der Waals surface area contributed by atoms with Crippen LogP contribution in [0.15, 0.2) is 0 Å². The van der Waals surface area contributed by atoms with Crippen molar-refractivity contribution in [3.05, 3.63) is 0 Å². The van der Waals surface area contributed by atoms with Crippen LogP contribution in [0.5, 0.6) is 0 Å². The molecule has 6 nitrogen and oxygen atoms in total. The minimum atomic E-state index is -3.35. The number of rotatable bonds is 3.